The average Bonchev–Trinajstić information content (AvgIpc) is 3.02. The van der Waals surface area contributed by atoms with Crippen LogP contribution in [-0.4, -0.2) is 29.0 Å². The van der Waals surface area contributed by atoms with Crippen molar-refractivity contribution >= 4 is 47.7 Å². The first-order chi connectivity index (χ1) is 19.4. The van der Waals surface area contributed by atoms with Crippen molar-refractivity contribution in [1.29, 1.82) is 0 Å². The Balaban J connectivity index is 0.000000210. The molecule has 202 valence electrons. The lowest BCUT2D eigenvalue weighted by atomic mass is 9.98. The average molecular weight is 583 g/mol. The molecule has 0 amide bonds. The van der Waals surface area contributed by atoms with Crippen molar-refractivity contribution in [3.05, 3.63) is 150 Å². The zero-order valence-corrected chi connectivity index (χ0v) is 24.8. The quantitative estimate of drug-likeness (QED) is 0.128. The number of carbonyl (C=O) groups excluding carboxylic acids is 2. The van der Waals surface area contributed by atoms with Gasteiger partial charge in [-0.1, -0.05) is 91.0 Å². The van der Waals surface area contributed by atoms with E-state index in [0.717, 1.165) is 23.3 Å². The lowest BCUT2D eigenvalue weighted by molar-refractivity contribution is 0.102. The lowest BCUT2D eigenvalue weighted by Crippen LogP contribution is -2.19. The van der Waals surface area contributed by atoms with Crippen molar-refractivity contribution < 1.29 is 14.3 Å². The number of hydrogen-bond donors (Lipinski definition) is 1. The van der Waals surface area contributed by atoms with Crippen molar-refractivity contribution in [2.24, 2.45) is 0 Å². The number of rotatable bonds is 8. The molecule has 0 saturated heterocycles. The zero-order chi connectivity index (χ0) is 28.4. The first-order valence-corrected chi connectivity index (χ1v) is 15.2. The van der Waals surface area contributed by atoms with Gasteiger partial charge in [0.05, 0.1) is 11.2 Å². The molecule has 0 aliphatic heterocycles. The van der Waals surface area contributed by atoms with Crippen LogP contribution in [0.25, 0.3) is 0 Å². The van der Waals surface area contributed by atoms with Crippen molar-refractivity contribution in [1.82, 2.24) is 0 Å². The normalized spacial score (nSPS) is 15.8. The molecule has 0 radical (unpaired) electrons. The molecule has 0 spiro atoms. The van der Waals surface area contributed by atoms with Crippen LogP contribution in [0.5, 0.6) is 5.75 Å². The molecule has 0 bridgehead atoms. The van der Waals surface area contributed by atoms with E-state index in [4.69, 9.17) is 4.74 Å². The van der Waals surface area contributed by atoms with E-state index in [9.17, 15) is 9.59 Å². The monoisotopic (exact) mass is 582 g/mol. The third-order valence-corrected chi connectivity index (χ3v) is 9.59. The van der Waals surface area contributed by atoms with Crippen LogP contribution in [-0.2, 0) is 0 Å². The SMILES string of the molecule is COc1ccc(SC2(SC)C=CC(C(=O)c3ccccc3)=CC2)cc1.O=C(c1ccccc1)c1ccccc1S. The number of methoxy groups -OCH3 is 1. The van der Waals surface area contributed by atoms with E-state index in [1.54, 1.807) is 36.7 Å². The molecule has 1 unspecified atom stereocenters. The van der Waals surface area contributed by atoms with Gasteiger partial charge in [0.15, 0.2) is 11.6 Å². The van der Waals surface area contributed by atoms with E-state index < -0.39 is 0 Å². The van der Waals surface area contributed by atoms with Gasteiger partial charge in [0, 0.05) is 32.1 Å². The standard InChI is InChI=1S/C21H20O2S2.C13H10OS/c1-23-18-8-10-19(11-9-18)25-21(24-2)14-12-17(13-15-21)20(22)16-6-4-3-5-7-16;14-13(10-6-2-1-3-7-10)11-8-4-5-9-12(11)15/h3-14H,15H2,1-2H3;1-9,15H. The maximum atomic E-state index is 12.6. The van der Waals surface area contributed by atoms with E-state index >= 15 is 0 Å². The van der Waals surface area contributed by atoms with E-state index in [2.05, 4.69) is 43.2 Å². The first-order valence-electron chi connectivity index (χ1n) is 12.7. The number of carbonyl (C=O) groups is 2. The van der Waals surface area contributed by atoms with E-state index in [1.807, 2.05) is 97.1 Å². The van der Waals surface area contributed by atoms with E-state index in [0.29, 0.717) is 16.0 Å². The lowest BCUT2D eigenvalue weighted by Gasteiger charge is -2.29. The highest BCUT2D eigenvalue weighted by molar-refractivity contribution is 8.18. The molecule has 0 aromatic heterocycles. The molecule has 5 rings (SSSR count). The van der Waals surface area contributed by atoms with Crippen LogP contribution in [0, 0.1) is 0 Å². The Bertz CT molecular complexity index is 1500. The van der Waals surface area contributed by atoms with E-state index in [-0.39, 0.29) is 15.6 Å². The van der Waals surface area contributed by atoms with Gasteiger partial charge in [0.2, 0.25) is 0 Å². The molecule has 0 N–H and O–H groups in total. The summed E-state index contributed by atoms with van der Waals surface area (Å²) in [4.78, 5) is 26.5. The second kappa shape index (κ2) is 14.3. The van der Waals surface area contributed by atoms with E-state index in [1.165, 1.54) is 4.90 Å². The maximum absolute atomic E-state index is 12.6. The number of ether oxygens (including phenoxy) is 1. The molecule has 1 aliphatic carbocycles. The van der Waals surface area contributed by atoms with Crippen molar-refractivity contribution in [3.8, 4) is 5.75 Å². The van der Waals surface area contributed by atoms with Crippen LogP contribution in [0.1, 0.15) is 32.7 Å². The summed E-state index contributed by atoms with van der Waals surface area (Å²) in [5.74, 6) is 0.958. The van der Waals surface area contributed by atoms with Gasteiger partial charge >= 0.3 is 0 Å². The fourth-order valence-electron chi connectivity index (χ4n) is 4.05. The fourth-order valence-corrected chi connectivity index (χ4v) is 6.36. The first kappa shape index (κ1) is 29.5. The maximum Gasteiger partial charge on any atom is 0.194 e. The Kier molecular flexibility index (Phi) is 10.5. The Hall–Kier alpha value is -3.45. The molecule has 0 fully saturated rings. The van der Waals surface area contributed by atoms with Crippen molar-refractivity contribution in [2.45, 2.75) is 20.3 Å². The summed E-state index contributed by atoms with van der Waals surface area (Å²) in [5, 5.41) is 0. The predicted molar refractivity (Wildman–Crippen MR) is 171 cm³/mol. The third kappa shape index (κ3) is 7.60. The van der Waals surface area contributed by atoms with Gasteiger partial charge < -0.3 is 4.74 Å². The summed E-state index contributed by atoms with van der Waals surface area (Å²) in [6.07, 6.45) is 9.10. The zero-order valence-electron chi connectivity index (χ0n) is 22.3. The van der Waals surface area contributed by atoms with Crippen molar-refractivity contribution in [2.75, 3.05) is 13.4 Å². The minimum atomic E-state index is -0.0882. The minimum absolute atomic E-state index is 0.0150. The van der Waals surface area contributed by atoms with Gasteiger partial charge in [0.25, 0.3) is 0 Å². The number of Topliss-reactive ketones (excluding diaryl/α,β-unsaturated/α-hetero) is 1. The number of hydrogen-bond acceptors (Lipinski definition) is 6. The number of thioether (sulfide) groups is 2. The van der Waals surface area contributed by atoms with Crippen molar-refractivity contribution in [3.63, 3.8) is 0 Å². The molecule has 1 aliphatic rings. The second-order valence-electron chi connectivity index (χ2n) is 8.90. The fraction of sp³-hybridized carbons (Fsp3) is 0.118. The highest BCUT2D eigenvalue weighted by Crippen LogP contribution is 2.47. The van der Waals surface area contributed by atoms with Gasteiger partial charge in [-0.05, 0) is 49.1 Å². The highest BCUT2D eigenvalue weighted by Gasteiger charge is 2.30. The number of thiol groups is 1. The molecule has 4 aromatic carbocycles. The van der Waals surface area contributed by atoms with Crippen LogP contribution in [0.4, 0.5) is 0 Å². The molecule has 0 heterocycles. The molecule has 4 aromatic rings. The van der Waals surface area contributed by atoms with Gasteiger partial charge in [-0.2, -0.15) is 0 Å². The third-order valence-electron chi connectivity index (χ3n) is 6.30. The molecule has 1 atom stereocenters. The van der Waals surface area contributed by atoms with Gasteiger partial charge in [-0.25, -0.2) is 0 Å². The molecule has 3 nitrogen and oxygen atoms in total. The highest BCUT2D eigenvalue weighted by atomic mass is 32.2. The Labute approximate surface area is 250 Å². The Morgan fingerprint density at radius 1 is 0.775 bits per heavy atom. The molecular formula is C34H30O3S3. The molecule has 40 heavy (non-hydrogen) atoms. The van der Waals surface area contributed by atoms with Gasteiger partial charge in [0.1, 0.15) is 5.75 Å². The summed E-state index contributed by atoms with van der Waals surface area (Å²) in [5.41, 5.74) is 2.84. The smallest absolute Gasteiger partial charge is 0.194 e. The number of allylic oxidation sites excluding steroid dienone is 3. The number of benzene rings is 4. The summed E-state index contributed by atoms with van der Waals surface area (Å²) in [6, 6.07) is 34.1. The topological polar surface area (TPSA) is 43.4 Å². The summed E-state index contributed by atoms with van der Waals surface area (Å²) in [7, 11) is 1.67. The molecule has 6 heteroatoms. The van der Waals surface area contributed by atoms with Gasteiger partial charge in [-0.15, -0.1) is 36.2 Å². The van der Waals surface area contributed by atoms with Crippen LogP contribution < -0.4 is 4.74 Å². The molecule has 0 saturated carbocycles. The minimum Gasteiger partial charge on any atom is -0.497 e. The predicted octanol–water partition coefficient (Wildman–Crippen LogP) is 8.82. The van der Waals surface area contributed by atoms with Crippen LogP contribution in [0.15, 0.2) is 143 Å². The summed E-state index contributed by atoms with van der Waals surface area (Å²) < 4.78 is 5.13. The van der Waals surface area contributed by atoms with Crippen LogP contribution >= 0.6 is 36.2 Å². The number of ketones is 2. The molecular weight excluding hydrogens is 553 g/mol. The Morgan fingerprint density at radius 3 is 1.88 bits per heavy atom. The largest absolute Gasteiger partial charge is 0.497 e. The second-order valence-corrected chi connectivity index (χ2v) is 12.2. The Morgan fingerprint density at radius 2 is 1.35 bits per heavy atom. The van der Waals surface area contributed by atoms with Gasteiger partial charge in [-0.3, -0.25) is 9.59 Å². The van der Waals surface area contributed by atoms with Crippen LogP contribution in [0.2, 0.25) is 0 Å². The summed E-state index contributed by atoms with van der Waals surface area (Å²) in [6.45, 7) is 0. The summed E-state index contributed by atoms with van der Waals surface area (Å²) >= 11 is 7.87. The van der Waals surface area contributed by atoms with Crippen LogP contribution in [0.3, 0.4) is 0 Å².